The van der Waals surface area contributed by atoms with Crippen LogP contribution in [0.2, 0.25) is 5.02 Å². The molecule has 33 heavy (non-hydrogen) atoms. The van der Waals surface area contributed by atoms with E-state index in [0.717, 1.165) is 53.2 Å². The fraction of sp³-hybridized carbons (Fsp3) is 0.308. The third-order valence-electron chi connectivity index (χ3n) is 5.34. The number of nitrogens with one attached hydrogen (secondary N) is 1. The molecule has 0 aromatic heterocycles. The number of hydrogen-bond acceptors (Lipinski definition) is 3. The summed E-state index contributed by atoms with van der Waals surface area (Å²) in [6.45, 7) is 6.24. The van der Waals surface area contributed by atoms with Crippen LogP contribution in [-0.4, -0.2) is 17.3 Å². The Labute approximate surface area is 206 Å². The van der Waals surface area contributed by atoms with Crippen LogP contribution in [-0.2, 0) is 28.7 Å². The second-order valence-corrected chi connectivity index (χ2v) is 10.7. The van der Waals surface area contributed by atoms with Gasteiger partial charge in [0.15, 0.2) is 0 Å². The molecule has 1 unspecified atom stereocenters. The fourth-order valence-electron chi connectivity index (χ4n) is 3.43. The lowest BCUT2D eigenvalue weighted by molar-refractivity contribution is 0.576. The van der Waals surface area contributed by atoms with Crippen LogP contribution in [0.15, 0.2) is 64.4 Å². The van der Waals surface area contributed by atoms with E-state index in [0.29, 0.717) is 4.90 Å². The Morgan fingerprint density at radius 3 is 2.42 bits per heavy atom. The first kappa shape index (κ1) is 25.9. The molecule has 0 fully saturated rings. The van der Waals surface area contributed by atoms with Gasteiger partial charge in [-0.3, -0.25) is 4.21 Å². The molecule has 3 aromatic carbocycles. The molecule has 0 heterocycles. The molecule has 0 aliphatic carbocycles. The van der Waals surface area contributed by atoms with Crippen molar-refractivity contribution < 1.29 is 13.0 Å². The van der Waals surface area contributed by atoms with Crippen molar-refractivity contribution >= 4 is 34.2 Å². The maximum Gasteiger partial charge on any atom is 0.130 e. The highest BCUT2D eigenvalue weighted by Crippen LogP contribution is 2.34. The van der Waals surface area contributed by atoms with E-state index in [4.69, 9.17) is 11.6 Å². The number of halogens is 3. The summed E-state index contributed by atoms with van der Waals surface area (Å²) >= 11 is 8.18. The number of rotatable bonds is 11. The summed E-state index contributed by atoms with van der Waals surface area (Å²) in [5, 5.41) is 4.19. The van der Waals surface area contributed by atoms with Gasteiger partial charge in [-0.05, 0) is 73.8 Å². The van der Waals surface area contributed by atoms with Gasteiger partial charge in [0.25, 0.3) is 0 Å². The SMILES string of the molecule is CCCNCCc1ccc(Cl)c(SCc2ccc(S(=O)Cc3ccc(F)cc3F)cc2)c1C. The van der Waals surface area contributed by atoms with Gasteiger partial charge in [-0.2, -0.15) is 0 Å². The Morgan fingerprint density at radius 1 is 1.00 bits per heavy atom. The standard InChI is InChI=1S/C26H28ClF2NOS2/c1-3-13-30-14-12-20-7-11-24(27)26(18(20)2)32-16-19-4-9-23(10-5-19)33(31)17-21-6-8-22(28)15-25(21)29/h4-11,15,30H,3,12-14,16-17H2,1-2H3. The highest BCUT2D eigenvalue weighted by molar-refractivity contribution is 7.98. The molecular formula is C26H28ClF2NOS2. The van der Waals surface area contributed by atoms with Crippen molar-refractivity contribution in [1.29, 1.82) is 0 Å². The Bertz CT molecular complexity index is 1110. The largest absolute Gasteiger partial charge is 0.316 e. The summed E-state index contributed by atoms with van der Waals surface area (Å²) < 4.78 is 39.6. The lowest BCUT2D eigenvalue weighted by atomic mass is 10.1. The van der Waals surface area contributed by atoms with Crippen molar-refractivity contribution in [1.82, 2.24) is 5.32 Å². The van der Waals surface area contributed by atoms with Gasteiger partial charge in [0.05, 0.1) is 21.6 Å². The van der Waals surface area contributed by atoms with E-state index < -0.39 is 22.4 Å². The van der Waals surface area contributed by atoms with Gasteiger partial charge in [-0.15, -0.1) is 11.8 Å². The first-order valence-corrected chi connectivity index (χ1v) is 13.6. The maximum absolute atomic E-state index is 13.9. The van der Waals surface area contributed by atoms with Crippen LogP contribution in [0.3, 0.4) is 0 Å². The molecule has 2 nitrogen and oxygen atoms in total. The maximum atomic E-state index is 13.9. The Morgan fingerprint density at radius 2 is 1.73 bits per heavy atom. The minimum Gasteiger partial charge on any atom is -0.316 e. The molecule has 176 valence electrons. The topological polar surface area (TPSA) is 29.1 Å². The van der Waals surface area contributed by atoms with Crippen LogP contribution < -0.4 is 5.32 Å². The molecule has 3 aromatic rings. The predicted molar refractivity (Wildman–Crippen MR) is 136 cm³/mol. The number of benzene rings is 3. The van der Waals surface area contributed by atoms with Gasteiger partial charge in [-0.1, -0.05) is 42.8 Å². The van der Waals surface area contributed by atoms with Crippen molar-refractivity contribution in [3.05, 3.63) is 93.5 Å². The molecule has 1 N–H and O–H groups in total. The molecular weight excluding hydrogens is 480 g/mol. The third-order valence-corrected chi connectivity index (χ3v) is 8.43. The Hall–Kier alpha value is -1.73. The minimum absolute atomic E-state index is 0.00885. The highest BCUT2D eigenvalue weighted by atomic mass is 35.5. The minimum atomic E-state index is -1.41. The van der Waals surface area contributed by atoms with Gasteiger partial charge < -0.3 is 5.32 Å². The van der Waals surface area contributed by atoms with E-state index in [1.165, 1.54) is 23.3 Å². The molecule has 7 heteroatoms. The molecule has 0 saturated heterocycles. The molecule has 1 atom stereocenters. The van der Waals surface area contributed by atoms with E-state index in [-0.39, 0.29) is 11.3 Å². The summed E-state index contributed by atoms with van der Waals surface area (Å²) in [7, 11) is -1.41. The molecule has 0 radical (unpaired) electrons. The van der Waals surface area contributed by atoms with Crippen LogP contribution >= 0.6 is 23.4 Å². The summed E-state index contributed by atoms with van der Waals surface area (Å²) in [6.07, 6.45) is 2.09. The van der Waals surface area contributed by atoms with Crippen LogP contribution in [0.25, 0.3) is 0 Å². The third kappa shape index (κ3) is 7.38. The Balaban J connectivity index is 1.61. The predicted octanol–water partition coefficient (Wildman–Crippen LogP) is 7.07. The molecule has 0 bridgehead atoms. The van der Waals surface area contributed by atoms with Gasteiger partial charge in [0.1, 0.15) is 11.6 Å². The average molecular weight is 508 g/mol. The normalized spacial score (nSPS) is 12.2. The van der Waals surface area contributed by atoms with E-state index in [2.05, 4.69) is 25.2 Å². The van der Waals surface area contributed by atoms with E-state index in [9.17, 15) is 13.0 Å². The van der Waals surface area contributed by atoms with E-state index >= 15 is 0 Å². The van der Waals surface area contributed by atoms with Gasteiger partial charge >= 0.3 is 0 Å². The van der Waals surface area contributed by atoms with Crippen molar-refractivity contribution in [3.63, 3.8) is 0 Å². The Kier molecular flexibility index (Phi) is 9.93. The van der Waals surface area contributed by atoms with E-state index in [1.54, 1.807) is 23.9 Å². The first-order valence-electron chi connectivity index (χ1n) is 10.9. The highest BCUT2D eigenvalue weighted by Gasteiger charge is 2.12. The molecule has 3 rings (SSSR count). The summed E-state index contributed by atoms with van der Waals surface area (Å²) in [5.41, 5.74) is 3.83. The summed E-state index contributed by atoms with van der Waals surface area (Å²) in [4.78, 5) is 1.70. The zero-order valence-electron chi connectivity index (χ0n) is 18.8. The van der Waals surface area contributed by atoms with Crippen LogP contribution in [0.5, 0.6) is 0 Å². The van der Waals surface area contributed by atoms with Gasteiger partial charge in [0, 0.05) is 27.2 Å². The van der Waals surface area contributed by atoms with Crippen molar-refractivity contribution in [2.24, 2.45) is 0 Å². The lowest BCUT2D eigenvalue weighted by Crippen LogP contribution is -2.18. The molecule has 0 spiro atoms. The van der Waals surface area contributed by atoms with Crippen molar-refractivity contribution in [3.8, 4) is 0 Å². The molecule has 0 amide bonds. The van der Waals surface area contributed by atoms with Crippen molar-refractivity contribution in [2.45, 2.75) is 48.0 Å². The lowest BCUT2D eigenvalue weighted by Gasteiger charge is -2.14. The smallest absolute Gasteiger partial charge is 0.130 e. The fourth-order valence-corrected chi connectivity index (χ4v) is 5.98. The second-order valence-electron chi connectivity index (χ2n) is 7.82. The summed E-state index contributed by atoms with van der Waals surface area (Å²) in [6, 6.07) is 14.9. The number of thioether (sulfide) groups is 1. The zero-order chi connectivity index (χ0) is 23.8. The van der Waals surface area contributed by atoms with E-state index in [1.807, 2.05) is 18.2 Å². The quantitative estimate of drug-likeness (QED) is 0.222. The summed E-state index contributed by atoms with van der Waals surface area (Å²) in [5.74, 6) is -0.572. The zero-order valence-corrected chi connectivity index (χ0v) is 21.2. The average Bonchev–Trinajstić information content (AvgIpc) is 2.80. The van der Waals surface area contributed by atoms with Crippen LogP contribution in [0.4, 0.5) is 8.78 Å². The first-order chi connectivity index (χ1) is 15.9. The van der Waals surface area contributed by atoms with Crippen molar-refractivity contribution in [2.75, 3.05) is 13.1 Å². The molecule has 0 saturated carbocycles. The molecule has 0 aliphatic rings. The molecule has 0 aliphatic heterocycles. The van der Waals surface area contributed by atoms with Gasteiger partial charge in [-0.25, -0.2) is 8.78 Å². The van der Waals surface area contributed by atoms with Crippen LogP contribution in [0.1, 0.15) is 35.6 Å². The second kappa shape index (κ2) is 12.7. The monoisotopic (exact) mass is 507 g/mol. The van der Waals surface area contributed by atoms with Crippen LogP contribution in [0, 0.1) is 18.6 Å². The number of hydrogen-bond donors (Lipinski definition) is 1. The van der Waals surface area contributed by atoms with Gasteiger partial charge in [0.2, 0.25) is 0 Å².